The van der Waals surface area contributed by atoms with Crippen LogP contribution < -0.4 is 18.9 Å². The first-order valence-corrected chi connectivity index (χ1v) is 14.3. The number of ether oxygens (including phenoxy) is 6. The quantitative estimate of drug-likeness (QED) is 0.184. The van der Waals surface area contributed by atoms with Crippen LogP contribution in [0.1, 0.15) is 38.3 Å². The van der Waals surface area contributed by atoms with Gasteiger partial charge in [-0.15, -0.1) is 0 Å². The Morgan fingerprint density at radius 3 is 2.37 bits per heavy atom. The van der Waals surface area contributed by atoms with E-state index in [-0.39, 0.29) is 59.1 Å². The summed E-state index contributed by atoms with van der Waals surface area (Å²) >= 11 is 0. The molecule has 3 aromatic rings. The number of fused-ring (bicyclic) bond motifs is 1. The second-order valence-electron chi connectivity index (χ2n) is 10.8. The fraction of sp³-hybridized carbons (Fsp3) is 0.375. The van der Waals surface area contributed by atoms with Crippen molar-refractivity contribution >= 4 is 11.9 Å². The number of carbonyl (C=O) groups excluding carboxylic acids is 1. The van der Waals surface area contributed by atoms with E-state index < -0.39 is 60.2 Å². The Labute approximate surface area is 262 Å². The Kier molecular flexibility index (Phi) is 9.44. The van der Waals surface area contributed by atoms with Crippen molar-refractivity contribution in [3.8, 4) is 34.5 Å². The zero-order chi connectivity index (χ0) is 33.2. The second kappa shape index (κ2) is 13.3. The van der Waals surface area contributed by atoms with Crippen LogP contribution >= 0.6 is 0 Å². The van der Waals surface area contributed by atoms with E-state index in [9.17, 15) is 40.2 Å². The van der Waals surface area contributed by atoms with Crippen LogP contribution in [0.25, 0.3) is 0 Å². The molecule has 3 aromatic carbocycles. The number of phenolic OH excluding ortho intramolecular Hbond substituents is 2. The smallest absolute Gasteiger partial charge is 0.342 e. The summed E-state index contributed by atoms with van der Waals surface area (Å²) in [5, 5.41) is 64.1. The molecule has 1 spiro atoms. The molecular formula is C32H34O14. The van der Waals surface area contributed by atoms with Crippen LogP contribution in [-0.2, 0) is 22.3 Å². The number of methoxy groups -OCH3 is 2. The molecule has 5 atom stereocenters. The van der Waals surface area contributed by atoms with Crippen molar-refractivity contribution in [3.63, 3.8) is 0 Å². The standard InChI is InChI=1S/C32H34O14/c1-41-20-14-17(29(38)39)8-9-19(20)45-31-24(35)23(34)28(37)32(46-31)12-10-18-21(30(40)44-15-32)22(33)27(25(36)26(18)42-2)43-13-11-16-6-4-3-5-7-16/h3-9,14,23-24,28,31,33-37H,10-13,15H2,1-2H3,(H,38,39). The lowest BCUT2D eigenvalue weighted by molar-refractivity contribution is -0.320. The molecule has 0 aliphatic carbocycles. The maximum atomic E-state index is 13.4. The van der Waals surface area contributed by atoms with E-state index in [1.807, 2.05) is 30.3 Å². The number of hydrogen-bond donors (Lipinski definition) is 6. The van der Waals surface area contributed by atoms with E-state index in [1.54, 1.807) is 0 Å². The number of carboxylic acid groups (broad SMARTS) is 1. The molecule has 2 aliphatic heterocycles. The van der Waals surface area contributed by atoms with Crippen LogP contribution in [0.3, 0.4) is 0 Å². The topological polar surface area (TPSA) is 211 Å². The predicted molar refractivity (Wildman–Crippen MR) is 157 cm³/mol. The van der Waals surface area contributed by atoms with Gasteiger partial charge in [0.25, 0.3) is 0 Å². The van der Waals surface area contributed by atoms with E-state index in [2.05, 4.69) is 0 Å². The minimum absolute atomic E-state index is 0.0131. The molecule has 1 fully saturated rings. The van der Waals surface area contributed by atoms with Gasteiger partial charge in [-0.2, -0.15) is 0 Å². The molecule has 14 heteroatoms. The molecule has 6 N–H and O–H groups in total. The molecule has 0 bridgehead atoms. The van der Waals surface area contributed by atoms with Gasteiger partial charge in [0, 0.05) is 12.0 Å². The van der Waals surface area contributed by atoms with Crippen molar-refractivity contribution in [1.29, 1.82) is 0 Å². The van der Waals surface area contributed by atoms with Crippen LogP contribution in [0.4, 0.5) is 0 Å². The minimum atomic E-state index is -1.86. The summed E-state index contributed by atoms with van der Waals surface area (Å²) in [6.45, 7) is -0.589. The Hall–Kier alpha value is -4.76. The third-order valence-corrected chi connectivity index (χ3v) is 8.09. The highest BCUT2D eigenvalue weighted by Crippen LogP contribution is 2.51. The number of carboxylic acids is 1. The molecule has 0 aromatic heterocycles. The fourth-order valence-corrected chi connectivity index (χ4v) is 5.60. The third-order valence-electron chi connectivity index (χ3n) is 8.09. The lowest BCUT2D eigenvalue weighted by Gasteiger charge is -2.48. The molecule has 2 heterocycles. The Morgan fingerprint density at radius 1 is 0.957 bits per heavy atom. The number of aromatic hydroxyl groups is 2. The van der Waals surface area contributed by atoms with Gasteiger partial charge < -0.3 is 59.1 Å². The number of esters is 1. The summed E-state index contributed by atoms with van der Waals surface area (Å²) in [6.07, 6.45) is -6.97. The molecule has 1 saturated heterocycles. The SMILES string of the molecule is COc1cc(C(=O)O)ccc1OC1OC2(CCc3c(OC)c(O)c(OCCc4ccccc4)c(O)c3C(=O)OC2)C(O)C(O)C1O. The van der Waals surface area contributed by atoms with Crippen molar-refractivity contribution in [2.45, 2.75) is 49.5 Å². The normalized spacial score (nSPS) is 24.2. The van der Waals surface area contributed by atoms with Gasteiger partial charge in [0.2, 0.25) is 17.8 Å². The third kappa shape index (κ3) is 6.07. The Morgan fingerprint density at radius 2 is 1.70 bits per heavy atom. The molecule has 5 rings (SSSR count). The van der Waals surface area contributed by atoms with E-state index in [4.69, 9.17) is 28.4 Å². The highest BCUT2D eigenvalue weighted by atomic mass is 16.7. The van der Waals surface area contributed by atoms with Crippen LogP contribution in [0, 0.1) is 0 Å². The monoisotopic (exact) mass is 642 g/mol. The van der Waals surface area contributed by atoms with Gasteiger partial charge in [0.1, 0.15) is 36.1 Å². The van der Waals surface area contributed by atoms with E-state index in [0.717, 1.165) is 5.56 Å². The average Bonchev–Trinajstić information content (AvgIpc) is 3.05. The van der Waals surface area contributed by atoms with Gasteiger partial charge in [-0.25, -0.2) is 9.59 Å². The van der Waals surface area contributed by atoms with E-state index >= 15 is 0 Å². The molecule has 0 saturated carbocycles. The second-order valence-corrected chi connectivity index (χ2v) is 10.8. The lowest BCUT2D eigenvalue weighted by Crippen LogP contribution is -2.67. The number of phenols is 2. The summed E-state index contributed by atoms with van der Waals surface area (Å²) in [6, 6.07) is 13.0. The van der Waals surface area contributed by atoms with Crippen molar-refractivity contribution in [3.05, 3.63) is 70.8 Å². The molecule has 0 amide bonds. The first kappa shape index (κ1) is 32.6. The number of cyclic esters (lactones) is 1. The molecule has 14 nitrogen and oxygen atoms in total. The highest BCUT2D eigenvalue weighted by Gasteiger charge is 2.56. The van der Waals surface area contributed by atoms with Crippen LogP contribution in [0.5, 0.6) is 34.5 Å². The summed E-state index contributed by atoms with van der Waals surface area (Å²) in [5.74, 6) is -4.11. The maximum Gasteiger partial charge on any atom is 0.342 e. The van der Waals surface area contributed by atoms with Crippen LogP contribution in [-0.4, -0.2) is 100 Å². The van der Waals surface area contributed by atoms with Gasteiger partial charge in [0.05, 0.1) is 26.4 Å². The van der Waals surface area contributed by atoms with Crippen LogP contribution in [0.15, 0.2) is 48.5 Å². The van der Waals surface area contributed by atoms with Gasteiger partial charge in [-0.3, -0.25) is 0 Å². The number of carbonyl (C=O) groups is 2. The van der Waals surface area contributed by atoms with Gasteiger partial charge in [0.15, 0.2) is 23.0 Å². The first-order chi connectivity index (χ1) is 22.0. The summed E-state index contributed by atoms with van der Waals surface area (Å²) < 4.78 is 33.6. The lowest BCUT2D eigenvalue weighted by atomic mass is 9.81. The maximum absolute atomic E-state index is 13.4. The Balaban J connectivity index is 1.43. The molecule has 46 heavy (non-hydrogen) atoms. The molecular weight excluding hydrogens is 608 g/mol. The molecule has 2 aliphatic rings. The predicted octanol–water partition coefficient (Wildman–Crippen LogP) is 1.79. The molecule has 246 valence electrons. The van der Waals surface area contributed by atoms with Crippen molar-refractivity contribution in [1.82, 2.24) is 0 Å². The van der Waals surface area contributed by atoms with Gasteiger partial charge in [-0.1, -0.05) is 30.3 Å². The van der Waals surface area contributed by atoms with Crippen LogP contribution in [0.2, 0.25) is 0 Å². The van der Waals surface area contributed by atoms with E-state index in [0.29, 0.717) is 6.42 Å². The molecule has 0 radical (unpaired) electrons. The molecule has 5 unspecified atom stereocenters. The largest absolute Gasteiger partial charge is 0.504 e. The first-order valence-electron chi connectivity index (χ1n) is 14.3. The number of hydrogen-bond acceptors (Lipinski definition) is 13. The minimum Gasteiger partial charge on any atom is -0.504 e. The number of aromatic carboxylic acids is 1. The summed E-state index contributed by atoms with van der Waals surface area (Å²) in [5.41, 5.74) is -1.30. The number of aliphatic hydroxyl groups excluding tert-OH is 3. The number of benzene rings is 3. The average molecular weight is 643 g/mol. The highest BCUT2D eigenvalue weighted by molar-refractivity contribution is 5.97. The van der Waals surface area contributed by atoms with E-state index in [1.165, 1.54) is 32.4 Å². The summed E-state index contributed by atoms with van der Waals surface area (Å²) in [7, 11) is 2.52. The van der Waals surface area contributed by atoms with Crippen molar-refractivity contribution in [2.24, 2.45) is 0 Å². The van der Waals surface area contributed by atoms with Gasteiger partial charge in [-0.05, 0) is 36.6 Å². The Bertz CT molecular complexity index is 1590. The fourth-order valence-electron chi connectivity index (χ4n) is 5.60. The van der Waals surface area contributed by atoms with Crippen molar-refractivity contribution < 1.29 is 68.6 Å². The van der Waals surface area contributed by atoms with Gasteiger partial charge >= 0.3 is 11.9 Å². The number of aliphatic hydroxyl groups is 3. The zero-order valence-corrected chi connectivity index (χ0v) is 24.9. The number of rotatable bonds is 9. The zero-order valence-electron chi connectivity index (χ0n) is 24.9. The summed E-state index contributed by atoms with van der Waals surface area (Å²) in [4.78, 5) is 24.8. The van der Waals surface area contributed by atoms with Crippen molar-refractivity contribution in [2.75, 3.05) is 27.4 Å².